The Balaban J connectivity index is 2.33. The largest absolute Gasteiger partial charge is 0.497 e. The highest BCUT2D eigenvalue weighted by atomic mass is 16.5. The first-order valence-electron chi connectivity index (χ1n) is 27.9. The number of methoxy groups -OCH3 is 1. The second-order valence-electron chi connectivity index (χ2n) is 21.2. The maximum atomic E-state index is 14.1. The average molecular weight is 1230 g/mol. The van der Waals surface area contributed by atoms with E-state index in [2.05, 4.69) is 42.5 Å². The molecule has 0 aromatic heterocycles. The molecular weight excluding hydrogens is 1140 g/mol. The number of aliphatic carboxylic acids is 1. The number of amides is 10. The van der Waals surface area contributed by atoms with Gasteiger partial charge in [0.2, 0.25) is 53.2 Å². The van der Waals surface area contributed by atoms with Crippen molar-refractivity contribution in [1.82, 2.24) is 53.2 Å². The second-order valence-corrected chi connectivity index (χ2v) is 21.2. The highest BCUT2D eigenvalue weighted by Crippen LogP contribution is 2.22. The van der Waals surface area contributed by atoms with Crippen LogP contribution in [0.25, 0.3) is 0 Å². The number of ether oxygens (including phenoxy) is 2. The zero-order valence-corrected chi connectivity index (χ0v) is 49.8. The van der Waals surface area contributed by atoms with Gasteiger partial charge in [0.05, 0.1) is 38.5 Å². The Labute approximate surface area is 502 Å². The second kappa shape index (κ2) is 37.0. The van der Waals surface area contributed by atoms with Gasteiger partial charge in [-0.1, -0.05) is 90.4 Å². The predicted molar refractivity (Wildman–Crippen MR) is 311 cm³/mol. The monoisotopic (exact) mass is 1230 g/mol. The van der Waals surface area contributed by atoms with Gasteiger partial charge in [-0.2, -0.15) is 0 Å². The molecule has 0 aliphatic rings. The van der Waals surface area contributed by atoms with Crippen LogP contribution >= 0.6 is 0 Å². The number of alkyl carbamates (subject to hydrolysis) is 1. The molecule has 1 unspecified atom stereocenters. The molecule has 0 heterocycles. The molecule has 0 fully saturated rings. The van der Waals surface area contributed by atoms with Gasteiger partial charge in [0.15, 0.2) is 18.1 Å². The van der Waals surface area contributed by atoms with Crippen LogP contribution in [-0.4, -0.2) is 190 Å². The summed E-state index contributed by atoms with van der Waals surface area (Å²) in [5, 5.41) is 83.3. The molecule has 10 amide bonds. The average Bonchev–Trinajstić information content (AvgIpc) is 3.17. The van der Waals surface area contributed by atoms with Crippen molar-refractivity contribution in [3.8, 4) is 5.75 Å². The lowest BCUT2D eigenvalue weighted by atomic mass is 9.96. The van der Waals surface area contributed by atoms with Crippen LogP contribution in [-0.2, 0) is 59.3 Å². The van der Waals surface area contributed by atoms with Crippen LogP contribution in [0.15, 0.2) is 54.6 Å². The van der Waals surface area contributed by atoms with E-state index in [0.29, 0.717) is 11.3 Å². The molecule has 2 rings (SSSR count). The number of benzene rings is 2. The number of carboxylic acid groups (broad SMARTS) is 1. The van der Waals surface area contributed by atoms with Gasteiger partial charge in [-0.25, -0.2) is 9.59 Å². The topological polar surface area (TPSA) is 530 Å². The minimum absolute atomic E-state index is 0.0562. The number of rotatable bonds is 37. The summed E-state index contributed by atoms with van der Waals surface area (Å²) in [4.78, 5) is 148. The summed E-state index contributed by atoms with van der Waals surface area (Å²) in [6.45, 7) is 8.67. The molecule has 0 saturated carbocycles. The minimum Gasteiger partial charge on any atom is -0.497 e. The number of nitrogens with two attached hydrogens (primary N) is 3. The fourth-order valence-electron chi connectivity index (χ4n) is 8.23. The first kappa shape index (κ1) is 74.4. The van der Waals surface area contributed by atoms with Crippen LogP contribution in [0.1, 0.15) is 91.3 Å². The summed E-state index contributed by atoms with van der Waals surface area (Å²) in [7, 11) is 1.35. The van der Waals surface area contributed by atoms with Gasteiger partial charge in [-0.15, -0.1) is 0 Å². The lowest BCUT2D eigenvalue weighted by Crippen LogP contribution is -2.63. The number of carboxylic acids is 1. The maximum Gasteiger partial charge on any atom is 0.408 e. The van der Waals surface area contributed by atoms with Gasteiger partial charge in [-0.3, -0.25) is 48.6 Å². The van der Waals surface area contributed by atoms with Crippen LogP contribution < -0.4 is 75.1 Å². The van der Waals surface area contributed by atoms with E-state index < -0.39 is 163 Å². The molecule has 0 bridgehead atoms. The number of primary amides is 1. The van der Waals surface area contributed by atoms with E-state index in [1.165, 1.54) is 31.4 Å². The molecule has 2 aromatic rings. The zero-order chi connectivity index (χ0) is 65.8. The highest BCUT2D eigenvalue weighted by Gasteiger charge is 2.40. The first-order chi connectivity index (χ1) is 40.9. The number of nitrogens with one attached hydrogen (secondary N) is 11. The number of aliphatic hydroxyl groups excluding tert-OH is 4. The quantitative estimate of drug-likeness (QED) is 0.0171. The fraction of sp³-hybridized carbons (Fsp3) is 0.564. The summed E-state index contributed by atoms with van der Waals surface area (Å²) in [5.41, 5.74) is 17.3. The molecule has 0 spiro atoms. The normalized spacial score (nSPS) is 15.6. The molecular formula is C55H86N14O18. The Bertz CT molecular complexity index is 2650. The Morgan fingerprint density at radius 3 is 1.72 bits per heavy atom. The van der Waals surface area contributed by atoms with Crippen molar-refractivity contribution in [2.75, 3.05) is 26.8 Å². The Morgan fingerprint density at radius 1 is 0.632 bits per heavy atom. The fourth-order valence-corrected chi connectivity index (χ4v) is 8.23. The van der Waals surface area contributed by atoms with Crippen molar-refractivity contribution in [1.29, 1.82) is 5.41 Å². The molecule has 0 radical (unpaired) electrons. The molecule has 0 aliphatic carbocycles. The number of guanidine groups is 1. The molecule has 0 saturated heterocycles. The van der Waals surface area contributed by atoms with Crippen molar-refractivity contribution < 1.29 is 87.7 Å². The molecule has 32 heteroatoms. The van der Waals surface area contributed by atoms with E-state index >= 15 is 0 Å². The minimum atomic E-state index is -2.54. The maximum absolute atomic E-state index is 14.1. The van der Waals surface area contributed by atoms with Crippen LogP contribution in [0.2, 0.25) is 0 Å². The molecule has 2 aromatic carbocycles. The number of carbonyl (C=O) groups is 11. The number of hydrogen-bond acceptors (Lipinski definition) is 19. The van der Waals surface area contributed by atoms with Gasteiger partial charge in [0.1, 0.15) is 54.6 Å². The van der Waals surface area contributed by atoms with Crippen molar-refractivity contribution in [2.45, 2.75) is 153 Å². The number of aliphatic hydroxyl groups is 4. The third-order valence-corrected chi connectivity index (χ3v) is 13.5. The molecule has 0 aliphatic heterocycles. The first-order valence-corrected chi connectivity index (χ1v) is 27.9. The standard InChI is InChI=1S/C55H86N14O18/c1-9-28(6)38(66-46(76)33(16-13-21-60-54(58)59)62-47(77)34(22-26(2)3)63-49(79)37(56)43(73)27(4)5)51(81)67-39(29(7)71)50(80)61-23-36(72)65-42(44(74)45(57)75)52(82)64-35(24-70)48(78)68-40(31-17-19-32(86-8)20-18-31)41(53(83)84)69-55(85)87-25-30-14-11-10-12-15-30/h10-12,14-15,17-20,26-29,33-35,37-44,70-71,73-74H,9,13,16,21-25,56H2,1-8H3,(H2,57,75)(H,61,80)(H,62,77)(H,63,79)(H,64,82)(H,65,72)(H,66,76)(H,67,81)(H,68,78)(H,69,85)(H,83,84)(H4,58,59,60)/t28-,29-,33+,34-,35-,37-,38?,39-,40-,41+,42-,43+,44-/m0/s1. The molecule has 484 valence electrons. The summed E-state index contributed by atoms with van der Waals surface area (Å²) in [5.74, 6) is -13.5. The number of carbonyl (C=O) groups excluding carboxylic acids is 10. The van der Waals surface area contributed by atoms with Crippen molar-refractivity contribution in [2.24, 2.45) is 35.0 Å². The predicted octanol–water partition coefficient (Wildman–Crippen LogP) is -4.82. The van der Waals surface area contributed by atoms with E-state index in [0.717, 1.165) is 6.92 Å². The van der Waals surface area contributed by atoms with Gasteiger partial charge in [0, 0.05) is 6.54 Å². The van der Waals surface area contributed by atoms with E-state index in [1.807, 2.05) is 10.6 Å². The Kier molecular flexibility index (Phi) is 31.6. The molecule has 22 N–H and O–H groups in total. The summed E-state index contributed by atoms with van der Waals surface area (Å²) in [6, 6.07) is -1.56. The smallest absolute Gasteiger partial charge is 0.408 e. The van der Waals surface area contributed by atoms with Crippen LogP contribution in [0.3, 0.4) is 0 Å². The highest BCUT2D eigenvalue weighted by molar-refractivity contribution is 5.99. The van der Waals surface area contributed by atoms with E-state index in [-0.39, 0.29) is 56.3 Å². The third-order valence-electron chi connectivity index (χ3n) is 13.5. The van der Waals surface area contributed by atoms with Crippen LogP contribution in [0, 0.1) is 23.2 Å². The molecule has 87 heavy (non-hydrogen) atoms. The zero-order valence-electron chi connectivity index (χ0n) is 49.8. The van der Waals surface area contributed by atoms with E-state index in [4.69, 9.17) is 32.1 Å². The van der Waals surface area contributed by atoms with Crippen molar-refractivity contribution in [3.05, 3.63) is 65.7 Å². The summed E-state index contributed by atoms with van der Waals surface area (Å²) < 4.78 is 10.3. The Morgan fingerprint density at radius 2 is 1.20 bits per heavy atom. The molecule has 32 nitrogen and oxygen atoms in total. The summed E-state index contributed by atoms with van der Waals surface area (Å²) >= 11 is 0. The third kappa shape index (κ3) is 25.0. The van der Waals surface area contributed by atoms with Crippen LogP contribution in [0.5, 0.6) is 5.75 Å². The summed E-state index contributed by atoms with van der Waals surface area (Å²) in [6.07, 6.45) is -6.36. The van der Waals surface area contributed by atoms with Gasteiger partial charge in [-0.05, 0) is 67.2 Å². The lowest BCUT2D eigenvalue weighted by Gasteiger charge is -2.30. The van der Waals surface area contributed by atoms with Gasteiger partial charge >= 0.3 is 12.1 Å². The van der Waals surface area contributed by atoms with Gasteiger partial charge < -0.3 is 105 Å². The SMILES string of the molecule is CC[C@H](C)C(NC(=O)[C@@H](CCCNC(=N)N)NC(=O)[C@H](CC(C)C)NC(=O)[C@@H](N)[C@H](O)C(C)C)C(=O)N[C@H](C(=O)NCC(=O)N[C@H](C(=O)N[C@@H](CO)C(=O)N[C@@H](c1ccc(OC)cc1)[C@@H](NC(=O)OCc1ccccc1)C(=O)O)[C@H](O)C(N)=O)[C@H](C)O. The van der Waals surface area contributed by atoms with Crippen molar-refractivity contribution >= 4 is 71.2 Å². The van der Waals surface area contributed by atoms with Gasteiger partial charge in [0.25, 0.3) is 0 Å². The number of hydrogen-bond donors (Lipinski definition) is 19. The van der Waals surface area contributed by atoms with E-state index in [1.54, 1.807) is 71.9 Å². The molecule has 13 atom stereocenters. The van der Waals surface area contributed by atoms with Crippen LogP contribution in [0.4, 0.5) is 4.79 Å². The lowest BCUT2D eigenvalue weighted by molar-refractivity contribution is -0.141. The van der Waals surface area contributed by atoms with E-state index in [9.17, 15) is 78.3 Å². The Hall–Kier alpha value is -8.72. The van der Waals surface area contributed by atoms with Crippen molar-refractivity contribution in [3.63, 3.8) is 0 Å².